The highest BCUT2D eigenvalue weighted by molar-refractivity contribution is 9.10. The second-order valence-electron chi connectivity index (χ2n) is 5.92. The number of unbranched alkanes of at least 4 members (excludes halogenated alkanes) is 1. The molecule has 4 nitrogen and oxygen atoms in total. The first-order valence-corrected chi connectivity index (χ1v) is 8.92. The van der Waals surface area contributed by atoms with E-state index in [4.69, 9.17) is 4.74 Å². The third kappa shape index (κ3) is 2.82. The molecule has 5 heteroatoms. The van der Waals surface area contributed by atoms with Crippen molar-refractivity contribution < 1.29 is 19.1 Å². The molecule has 0 N–H and O–H groups in total. The lowest BCUT2D eigenvalue weighted by Crippen LogP contribution is -2.23. The van der Waals surface area contributed by atoms with Gasteiger partial charge in [-0.05, 0) is 28.4 Å². The summed E-state index contributed by atoms with van der Waals surface area (Å²) < 4.78 is 5.86. The van der Waals surface area contributed by atoms with E-state index in [-0.39, 0.29) is 34.2 Å². The molecule has 0 aliphatic heterocycles. The number of ether oxygens (including phenoxy) is 1. The van der Waals surface area contributed by atoms with Crippen molar-refractivity contribution in [1.82, 2.24) is 0 Å². The van der Waals surface area contributed by atoms with E-state index in [0.29, 0.717) is 27.6 Å². The number of rotatable bonds is 5. The van der Waals surface area contributed by atoms with Crippen molar-refractivity contribution in [2.45, 2.75) is 26.2 Å². The lowest BCUT2D eigenvalue weighted by atomic mass is 9.82. The van der Waals surface area contributed by atoms with Crippen LogP contribution in [0, 0.1) is 0 Å². The standard InChI is InChI=1S/C20H17BrO4/c1-3-4-9-15(22)13-10-14(21)16-17(20(13)25-2)19(24)12-8-6-5-7-11(12)18(16)23/h5-8,10H,3-4,9H2,1-2H3. The van der Waals surface area contributed by atoms with Gasteiger partial charge in [0.05, 0.1) is 23.8 Å². The molecule has 0 amide bonds. The van der Waals surface area contributed by atoms with Crippen LogP contribution >= 0.6 is 15.9 Å². The Morgan fingerprint density at radius 3 is 2.24 bits per heavy atom. The summed E-state index contributed by atoms with van der Waals surface area (Å²) in [5.41, 5.74) is 1.46. The van der Waals surface area contributed by atoms with Gasteiger partial charge in [0.2, 0.25) is 0 Å². The molecule has 3 rings (SSSR count). The Morgan fingerprint density at radius 1 is 1.08 bits per heavy atom. The number of methoxy groups -OCH3 is 1. The fourth-order valence-corrected chi connectivity index (χ4v) is 3.72. The average molecular weight is 401 g/mol. The van der Waals surface area contributed by atoms with Gasteiger partial charge in [-0.1, -0.05) is 37.6 Å². The largest absolute Gasteiger partial charge is 0.495 e. The predicted molar refractivity (Wildman–Crippen MR) is 97.9 cm³/mol. The number of Topliss-reactive ketones (excluding diaryl/α,β-unsaturated/α-hetero) is 1. The van der Waals surface area contributed by atoms with Crippen molar-refractivity contribution in [3.05, 3.63) is 62.6 Å². The van der Waals surface area contributed by atoms with E-state index in [1.807, 2.05) is 6.92 Å². The van der Waals surface area contributed by atoms with Crippen LogP contribution < -0.4 is 4.74 Å². The van der Waals surface area contributed by atoms with E-state index in [2.05, 4.69) is 15.9 Å². The van der Waals surface area contributed by atoms with Gasteiger partial charge in [-0.15, -0.1) is 0 Å². The first-order chi connectivity index (χ1) is 12.0. The first-order valence-electron chi connectivity index (χ1n) is 8.13. The van der Waals surface area contributed by atoms with Crippen LogP contribution in [0.5, 0.6) is 5.75 Å². The number of fused-ring (bicyclic) bond motifs is 2. The van der Waals surface area contributed by atoms with E-state index in [1.165, 1.54) is 7.11 Å². The topological polar surface area (TPSA) is 60.4 Å². The Bertz CT molecular complexity index is 899. The van der Waals surface area contributed by atoms with E-state index in [9.17, 15) is 14.4 Å². The molecule has 0 atom stereocenters. The van der Waals surface area contributed by atoms with Crippen LogP contribution in [-0.2, 0) is 0 Å². The Kier molecular flexibility index (Phi) is 4.86. The quantitative estimate of drug-likeness (QED) is 0.586. The van der Waals surface area contributed by atoms with Crippen LogP contribution in [0.15, 0.2) is 34.8 Å². The van der Waals surface area contributed by atoms with Crippen LogP contribution in [0.1, 0.15) is 68.4 Å². The molecular weight excluding hydrogens is 384 g/mol. The summed E-state index contributed by atoms with van der Waals surface area (Å²) in [6.07, 6.45) is 2.02. The minimum atomic E-state index is -0.298. The molecular formula is C20H17BrO4. The van der Waals surface area contributed by atoms with Crippen molar-refractivity contribution >= 4 is 33.3 Å². The van der Waals surface area contributed by atoms with Gasteiger partial charge in [0.1, 0.15) is 5.75 Å². The van der Waals surface area contributed by atoms with Gasteiger partial charge in [-0.3, -0.25) is 14.4 Å². The molecule has 0 heterocycles. The van der Waals surface area contributed by atoms with Crippen molar-refractivity contribution in [2.75, 3.05) is 7.11 Å². The average Bonchev–Trinajstić information content (AvgIpc) is 2.63. The number of ketones is 3. The number of carbonyl (C=O) groups is 3. The third-order valence-corrected chi connectivity index (χ3v) is 4.99. The maximum Gasteiger partial charge on any atom is 0.198 e. The molecule has 1 aliphatic carbocycles. The van der Waals surface area contributed by atoms with Crippen molar-refractivity contribution in [1.29, 1.82) is 0 Å². The predicted octanol–water partition coefficient (Wildman–Crippen LogP) is 4.61. The van der Waals surface area contributed by atoms with Gasteiger partial charge in [0.25, 0.3) is 0 Å². The summed E-state index contributed by atoms with van der Waals surface area (Å²) in [7, 11) is 1.42. The molecule has 128 valence electrons. The zero-order valence-electron chi connectivity index (χ0n) is 14.0. The molecule has 2 aromatic carbocycles. The van der Waals surface area contributed by atoms with Gasteiger partial charge in [0.15, 0.2) is 17.3 Å². The minimum Gasteiger partial charge on any atom is -0.495 e. The van der Waals surface area contributed by atoms with E-state index in [1.54, 1.807) is 30.3 Å². The Morgan fingerprint density at radius 2 is 1.68 bits per heavy atom. The molecule has 0 radical (unpaired) electrons. The second-order valence-corrected chi connectivity index (χ2v) is 6.77. The summed E-state index contributed by atoms with van der Waals surface area (Å²) in [4.78, 5) is 38.4. The van der Waals surface area contributed by atoms with Crippen molar-refractivity contribution in [3.63, 3.8) is 0 Å². The zero-order chi connectivity index (χ0) is 18.1. The lowest BCUT2D eigenvalue weighted by molar-refractivity contribution is 0.0965. The Hall–Kier alpha value is -2.27. The van der Waals surface area contributed by atoms with Gasteiger partial charge in [0, 0.05) is 22.0 Å². The monoisotopic (exact) mass is 400 g/mol. The Balaban J connectivity index is 2.25. The van der Waals surface area contributed by atoms with Crippen LogP contribution in [0.2, 0.25) is 0 Å². The first kappa shape index (κ1) is 17.5. The van der Waals surface area contributed by atoms with Crippen LogP contribution in [-0.4, -0.2) is 24.5 Å². The number of hydrogen-bond donors (Lipinski definition) is 0. The molecule has 0 aromatic heterocycles. The van der Waals surface area contributed by atoms with Gasteiger partial charge < -0.3 is 4.74 Å². The summed E-state index contributed by atoms with van der Waals surface area (Å²) in [6, 6.07) is 8.29. The maximum atomic E-state index is 13.0. The van der Waals surface area contributed by atoms with Gasteiger partial charge >= 0.3 is 0 Å². The normalized spacial score (nSPS) is 12.6. The highest BCUT2D eigenvalue weighted by atomic mass is 79.9. The van der Waals surface area contributed by atoms with Crippen LogP contribution in [0.4, 0.5) is 0 Å². The van der Waals surface area contributed by atoms with E-state index >= 15 is 0 Å². The molecule has 0 bridgehead atoms. The van der Waals surface area contributed by atoms with E-state index < -0.39 is 0 Å². The highest BCUT2D eigenvalue weighted by Gasteiger charge is 2.36. The minimum absolute atomic E-state index is 0.0960. The maximum absolute atomic E-state index is 13.0. The molecule has 0 unspecified atom stereocenters. The smallest absolute Gasteiger partial charge is 0.198 e. The molecule has 0 fully saturated rings. The fraction of sp³-hybridized carbons (Fsp3) is 0.250. The van der Waals surface area contributed by atoms with Crippen LogP contribution in [0.25, 0.3) is 0 Å². The van der Waals surface area contributed by atoms with Crippen molar-refractivity contribution in [3.8, 4) is 5.75 Å². The SMILES string of the molecule is CCCCC(=O)c1cc(Br)c2c(c1OC)C(=O)c1ccccc1C2=O. The molecule has 25 heavy (non-hydrogen) atoms. The van der Waals surface area contributed by atoms with Gasteiger partial charge in [-0.2, -0.15) is 0 Å². The number of benzene rings is 2. The molecule has 2 aromatic rings. The number of hydrogen-bond acceptors (Lipinski definition) is 4. The highest BCUT2D eigenvalue weighted by Crippen LogP contribution is 2.40. The molecule has 1 aliphatic rings. The summed E-state index contributed by atoms with van der Waals surface area (Å²) in [5.74, 6) is -0.454. The molecule has 0 spiro atoms. The van der Waals surface area contributed by atoms with Crippen molar-refractivity contribution in [2.24, 2.45) is 0 Å². The molecule has 0 saturated heterocycles. The van der Waals surface area contributed by atoms with Crippen LogP contribution in [0.3, 0.4) is 0 Å². The van der Waals surface area contributed by atoms with Gasteiger partial charge in [-0.25, -0.2) is 0 Å². The Labute approximate surface area is 154 Å². The number of carbonyl (C=O) groups excluding carboxylic acids is 3. The summed E-state index contributed by atoms with van der Waals surface area (Å²) in [6.45, 7) is 2.01. The number of halogens is 1. The summed E-state index contributed by atoms with van der Waals surface area (Å²) in [5, 5.41) is 0. The second kappa shape index (κ2) is 6.92. The fourth-order valence-electron chi connectivity index (χ4n) is 3.11. The zero-order valence-corrected chi connectivity index (χ0v) is 15.6. The molecule has 0 saturated carbocycles. The summed E-state index contributed by atoms with van der Waals surface area (Å²) >= 11 is 3.37. The lowest BCUT2D eigenvalue weighted by Gasteiger charge is -2.22. The third-order valence-electron chi connectivity index (χ3n) is 4.36. The van der Waals surface area contributed by atoms with E-state index in [0.717, 1.165) is 12.8 Å².